The van der Waals surface area contributed by atoms with Gasteiger partial charge in [0.2, 0.25) is 0 Å². The molecule has 0 saturated heterocycles. The summed E-state index contributed by atoms with van der Waals surface area (Å²) in [7, 11) is 0. The van der Waals surface area contributed by atoms with E-state index in [1.165, 1.54) is 0 Å². The lowest BCUT2D eigenvalue weighted by Gasteiger charge is -2.17. The Bertz CT molecular complexity index is 613. The third kappa shape index (κ3) is 3.67. The highest BCUT2D eigenvalue weighted by Gasteiger charge is 2.25. The van der Waals surface area contributed by atoms with Crippen molar-refractivity contribution in [2.24, 2.45) is 0 Å². The maximum absolute atomic E-state index is 12.0. The summed E-state index contributed by atoms with van der Waals surface area (Å²) in [4.78, 5) is 23.3. The lowest BCUT2D eigenvalue weighted by atomic mass is 10.1. The summed E-state index contributed by atoms with van der Waals surface area (Å²) in [5, 5.41) is 21.5. The first-order chi connectivity index (χ1) is 10.1. The summed E-state index contributed by atoms with van der Waals surface area (Å²) >= 11 is 0. The third-order valence-electron chi connectivity index (χ3n) is 3.03. The van der Waals surface area contributed by atoms with Crippen molar-refractivity contribution in [1.82, 2.24) is 5.32 Å². The molecule has 0 aliphatic heterocycles. The molecule has 2 aromatic carbocycles. The molecule has 0 aliphatic rings. The van der Waals surface area contributed by atoms with E-state index in [2.05, 4.69) is 5.32 Å². The fourth-order valence-electron chi connectivity index (χ4n) is 1.94. The number of carbonyl (C=O) groups excluding carboxylic acids is 1. The topological polar surface area (TPSA) is 86.6 Å². The summed E-state index contributed by atoms with van der Waals surface area (Å²) < 4.78 is 0. The van der Waals surface area contributed by atoms with Crippen LogP contribution in [0.25, 0.3) is 0 Å². The fourth-order valence-corrected chi connectivity index (χ4v) is 1.94. The molecule has 5 nitrogen and oxygen atoms in total. The van der Waals surface area contributed by atoms with E-state index in [4.69, 9.17) is 0 Å². The van der Waals surface area contributed by atoms with Gasteiger partial charge in [-0.2, -0.15) is 0 Å². The zero-order chi connectivity index (χ0) is 15.2. The standard InChI is InChI=1S/C16H15NO4/c18-14(12-9-5-2-6-10-12)15(19)17-13(16(20)21)11-7-3-1-4-8-11/h1-10,13-14,18H,(H,17,19)(H,20,21)/t13-,14?/m1/s1. The molecule has 0 saturated carbocycles. The molecule has 5 heteroatoms. The van der Waals surface area contributed by atoms with Crippen LogP contribution in [0, 0.1) is 0 Å². The van der Waals surface area contributed by atoms with Crippen molar-refractivity contribution in [2.45, 2.75) is 12.1 Å². The summed E-state index contributed by atoms with van der Waals surface area (Å²) in [6.07, 6.45) is -1.41. The minimum absolute atomic E-state index is 0.409. The lowest BCUT2D eigenvalue weighted by molar-refractivity contribution is -0.143. The highest BCUT2D eigenvalue weighted by Crippen LogP contribution is 2.17. The van der Waals surface area contributed by atoms with Crippen LogP contribution in [-0.2, 0) is 9.59 Å². The first-order valence-corrected chi connectivity index (χ1v) is 6.40. The molecule has 1 unspecified atom stereocenters. The van der Waals surface area contributed by atoms with Gasteiger partial charge in [-0.25, -0.2) is 4.79 Å². The number of aliphatic hydroxyl groups excluding tert-OH is 1. The molecule has 0 aliphatic carbocycles. The number of carboxylic acids is 1. The van der Waals surface area contributed by atoms with Crippen LogP contribution < -0.4 is 5.32 Å². The van der Waals surface area contributed by atoms with Gasteiger partial charge in [0, 0.05) is 0 Å². The highest BCUT2D eigenvalue weighted by atomic mass is 16.4. The fraction of sp³-hybridized carbons (Fsp3) is 0.125. The van der Waals surface area contributed by atoms with Crippen molar-refractivity contribution < 1.29 is 19.8 Å². The number of aliphatic carboxylic acids is 1. The number of rotatable bonds is 5. The number of carbonyl (C=O) groups is 2. The largest absolute Gasteiger partial charge is 0.479 e. The monoisotopic (exact) mass is 285 g/mol. The molecular formula is C16H15NO4. The van der Waals surface area contributed by atoms with Gasteiger partial charge in [0.25, 0.3) is 5.91 Å². The minimum atomic E-state index is -1.41. The first-order valence-electron chi connectivity index (χ1n) is 6.40. The van der Waals surface area contributed by atoms with Crippen LogP contribution in [-0.4, -0.2) is 22.1 Å². The second-order valence-electron chi connectivity index (χ2n) is 4.50. The van der Waals surface area contributed by atoms with Crippen LogP contribution in [0.2, 0.25) is 0 Å². The van der Waals surface area contributed by atoms with E-state index in [-0.39, 0.29) is 0 Å². The Kier molecular flexibility index (Phi) is 4.68. The third-order valence-corrected chi connectivity index (χ3v) is 3.03. The minimum Gasteiger partial charge on any atom is -0.479 e. The molecule has 0 fully saturated rings. The molecular weight excluding hydrogens is 270 g/mol. The van der Waals surface area contributed by atoms with E-state index in [0.717, 1.165) is 0 Å². The number of hydrogen-bond acceptors (Lipinski definition) is 3. The van der Waals surface area contributed by atoms with Gasteiger partial charge in [0.15, 0.2) is 12.1 Å². The van der Waals surface area contributed by atoms with Crippen molar-refractivity contribution in [3.05, 3.63) is 71.8 Å². The van der Waals surface area contributed by atoms with Gasteiger partial charge in [0.1, 0.15) is 0 Å². The van der Waals surface area contributed by atoms with Gasteiger partial charge >= 0.3 is 5.97 Å². The Morgan fingerprint density at radius 2 is 1.33 bits per heavy atom. The second kappa shape index (κ2) is 6.67. The van der Waals surface area contributed by atoms with Gasteiger partial charge in [0.05, 0.1) is 0 Å². The normalized spacial score (nSPS) is 13.2. The molecule has 108 valence electrons. The van der Waals surface area contributed by atoms with Crippen molar-refractivity contribution >= 4 is 11.9 Å². The van der Waals surface area contributed by atoms with E-state index in [9.17, 15) is 19.8 Å². The zero-order valence-corrected chi connectivity index (χ0v) is 11.1. The van der Waals surface area contributed by atoms with Gasteiger partial charge in [-0.05, 0) is 11.1 Å². The molecule has 0 spiro atoms. The number of hydrogen-bond donors (Lipinski definition) is 3. The average Bonchev–Trinajstić information content (AvgIpc) is 2.53. The molecule has 2 rings (SSSR count). The number of carboxylic acid groups (broad SMARTS) is 1. The zero-order valence-electron chi connectivity index (χ0n) is 11.1. The predicted octanol–water partition coefficient (Wildman–Crippen LogP) is 1.66. The number of benzene rings is 2. The second-order valence-corrected chi connectivity index (χ2v) is 4.50. The summed E-state index contributed by atoms with van der Waals surface area (Å²) in [6.45, 7) is 0. The molecule has 2 atom stereocenters. The van der Waals surface area contributed by atoms with Crippen LogP contribution in [0.3, 0.4) is 0 Å². The Balaban J connectivity index is 2.14. The molecule has 0 radical (unpaired) electrons. The SMILES string of the molecule is O=C(N[C@@H](C(=O)O)c1ccccc1)C(O)c1ccccc1. The average molecular weight is 285 g/mol. The van der Waals surface area contributed by atoms with Gasteiger partial charge in [-0.3, -0.25) is 4.79 Å². The van der Waals surface area contributed by atoms with Crippen LogP contribution in [0.15, 0.2) is 60.7 Å². The van der Waals surface area contributed by atoms with Crippen molar-refractivity contribution in [3.8, 4) is 0 Å². The highest BCUT2D eigenvalue weighted by molar-refractivity contribution is 5.87. The maximum atomic E-state index is 12.0. The Morgan fingerprint density at radius 1 is 0.857 bits per heavy atom. The van der Waals surface area contributed by atoms with Gasteiger partial charge < -0.3 is 15.5 Å². The maximum Gasteiger partial charge on any atom is 0.330 e. The van der Waals surface area contributed by atoms with Crippen LogP contribution in [0.5, 0.6) is 0 Å². The lowest BCUT2D eigenvalue weighted by Crippen LogP contribution is -2.36. The Hall–Kier alpha value is -2.66. The van der Waals surface area contributed by atoms with Crippen LogP contribution >= 0.6 is 0 Å². The number of aliphatic hydroxyl groups is 1. The molecule has 21 heavy (non-hydrogen) atoms. The molecule has 3 N–H and O–H groups in total. The van der Waals surface area contributed by atoms with E-state index in [1.54, 1.807) is 60.7 Å². The van der Waals surface area contributed by atoms with Gasteiger partial charge in [-0.1, -0.05) is 60.7 Å². The smallest absolute Gasteiger partial charge is 0.330 e. The Labute approximate surface area is 121 Å². The van der Waals surface area contributed by atoms with E-state index in [1.807, 2.05) is 0 Å². The summed E-state index contributed by atoms with van der Waals surface area (Å²) in [6, 6.07) is 15.5. The molecule has 0 heterocycles. The van der Waals surface area contributed by atoms with E-state index in [0.29, 0.717) is 11.1 Å². The molecule has 0 bridgehead atoms. The Morgan fingerprint density at radius 3 is 1.81 bits per heavy atom. The van der Waals surface area contributed by atoms with E-state index >= 15 is 0 Å². The van der Waals surface area contributed by atoms with Crippen molar-refractivity contribution in [3.63, 3.8) is 0 Å². The van der Waals surface area contributed by atoms with Crippen molar-refractivity contribution in [2.75, 3.05) is 0 Å². The number of nitrogens with one attached hydrogen (secondary N) is 1. The molecule has 2 aromatic rings. The molecule has 1 amide bonds. The van der Waals surface area contributed by atoms with Crippen molar-refractivity contribution in [1.29, 1.82) is 0 Å². The molecule has 0 aromatic heterocycles. The van der Waals surface area contributed by atoms with Crippen LogP contribution in [0.1, 0.15) is 23.3 Å². The predicted molar refractivity (Wildman–Crippen MR) is 76.4 cm³/mol. The summed E-state index contributed by atoms with van der Waals surface area (Å²) in [5.74, 6) is -1.94. The van der Waals surface area contributed by atoms with E-state index < -0.39 is 24.0 Å². The first kappa shape index (κ1) is 14.7. The van der Waals surface area contributed by atoms with Gasteiger partial charge in [-0.15, -0.1) is 0 Å². The number of amides is 1. The van der Waals surface area contributed by atoms with Crippen LogP contribution in [0.4, 0.5) is 0 Å². The quantitative estimate of drug-likeness (QED) is 0.779. The summed E-state index contributed by atoms with van der Waals surface area (Å²) in [5.41, 5.74) is 0.853.